The highest BCUT2D eigenvalue weighted by Gasteiger charge is 2.64. The number of hydrogen-bond acceptors (Lipinski definition) is 5. The first kappa shape index (κ1) is 26.3. The minimum absolute atomic E-state index is 0.0196. The number of carbonyl (C=O) groups excluding carboxylic acids is 2. The number of carboxylic acids is 1. The number of rotatable bonds is 9. The van der Waals surface area contributed by atoms with E-state index in [1.54, 1.807) is 0 Å². The molecule has 0 unspecified atom stereocenters. The van der Waals surface area contributed by atoms with E-state index in [2.05, 4.69) is 33.0 Å². The lowest BCUT2D eigenvalue weighted by Gasteiger charge is -2.46. The first-order valence-electron chi connectivity index (χ1n) is 12.5. The van der Waals surface area contributed by atoms with Gasteiger partial charge in [-0.3, -0.25) is 9.59 Å². The molecule has 2 N–H and O–H groups in total. The molecule has 3 rings (SSSR count). The Labute approximate surface area is 202 Å². The van der Waals surface area contributed by atoms with Crippen molar-refractivity contribution in [1.29, 1.82) is 0 Å². The fraction of sp³-hybridized carbons (Fsp3) is 0.880. The third-order valence-electron chi connectivity index (χ3n) is 7.82. The summed E-state index contributed by atoms with van der Waals surface area (Å²) < 4.78 is 6.05. The standard InChI is InChI=1S/C25H42N2O5S/c1-8-9-12-25(7,32-17-13-15(4)10-11-16(17)14(2)3)23(31)26-18-20(28)27-19(22(29)30)24(5,6)33-21(18)27/h14-19,21H,8-13H2,1-7H3,(H,26,31)(H,29,30)/t15-,16-,17-,18+,19-,21-,25-/m1/s1. The van der Waals surface area contributed by atoms with Crippen molar-refractivity contribution in [1.82, 2.24) is 10.2 Å². The van der Waals surface area contributed by atoms with Gasteiger partial charge in [-0.15, -0.1) is 11.8 Å². The van der Waals surface area contributed by atoms with E-state index in [0.717, 1.165) is 25.7 Å². The molecule has 2 heterocycles. The molecule has 0 aromatic carbocycles. The number of thioether (sulfide) groups is 1. The lowest BCUT2D eigenvalue weighted by molar-refractivity contribution is -0.172. The molecule has 2 amide bonds. The van der Waals surface area contributed by atoms with Crippen molar-refractivity contribution in [3.05, 3.63) is 0 Å². The molecular formula is C25H42N2O5S. The summed E-state index contributed by atoms with van der Waals surface area (Å²) in [7, 11) is 0. The van der Waals surface area contributed by atoms with Crippen molar-refractivity contribution in [2.24, 2.45) is 17.8 Å². The molecule has 7 nitrogen and oxygen atoms in total. The third-order valence-corrected chi connectivity index (χ3v) is 9.39. The number of β-lactam (4-membered cyclic amide) rings is 1. The molecule has 3 fully saturated rings. The van der Waals surface area contributed by atoms with Gasteiger partial charge >= 0.3 is 5.97 Å². The number of nitrogens with one attached hydrogen (secondary N) is 1. The van der Waals surface area contributed by atoms with Crippen molar-refractivity contribution in [3.63, 3.8) is 0 Å². The van der Waals surface area contributed by atoms with Crippen molar-refractivity contribution in [2.45, 2.75) is 121 Å². The van der Waals surface area contributed by atoms with E-state index in [1.165, 1.54) is 23.1 Å². The Hall–Kier alpha value is -1.28. The Bertz CT molecular complexity index is 772. The van der Waals surface area contributed by atoms with Crippen LogP contribution < -0.4 is 5.32 Å². The molecule has 0 radical (unpaired) electrons. The second-order valence-corrected chi connectivity index (χ2v) is 13.1. The zero-order valence-electron chi connectivity index (χ0n) is 21.2. The molecule has 2 aliphatic heterocycles. The molecule has 2 saturated heterocycles. The van der Waals surface area contributed by atoms with Gasteiger partial charge in [0.05, 0.1) is 6.10 Å². The summed E-state index contributed by atoms with van der Waals surface area (Å²) in [6.45, 7) is 14.3. The van der Waals surface area contributed by atoms with Crippen molar-refractivity contribution >= 4 is 29.5 Å². The number of ether oxygens (including phenoxy) is 1. The summed E-state index contributed by atoms with van der Waals surface area (Å²) in [5.74, 6) is -0.119. The molecule has 0 spiro atoms. The van der Waals surface area contributed by atoms with E-state index >= 15 is 0 Å². The first-order chi connectivity index (χ1) is 15.3. The van der Waals surface area contributed by atoms with E-state index in [0.29, 0.717) is 24.2 Å². The highest BCUT2D eigenvalue weighted by molar-refractivity contribution is 8.01. The van der Waals surface area contributed by atoms with Gasteiger partial charge in [0.2, 0.25) is 5.91 Å². The van der Waals surface area contributed by atoms with Crippen LogP contribution in [0.3, 0.4) is 0 Å². The molecule has 8 heteroatoms. The number of carboxylic acid groups (broad SMARTS) is 1. The fourth-order valence-corrected chi connectivity index (χ4v) is 7.39. The van der Waals surface area contributed by atoms with Crippen LogP contribution in [0.4, 0.5) is 0 Å². The maximum atomic E-state index is 13.6. The topological polar surface area (TPSA) is 95.9 Å². The maximum absolute atomic E-state index is 13.6. The number of fused-ring (bicyclic) bond motifs is 1. The molecule has 7 atom stereocenters. The Morgan fingerprint density at radius 2 is 2.00 bits per heavy atom. The van der Waals surface area contributed by atoms with Gasteiger partial charge in [0, 0.05) is 4.75 Å². The molecule has 33 heavy (non-hydrogen) atoms. The van der Waals surface area contributed by atoms with Crippen LogP contribution in [0, 0.1) is 17.8 Å². The van der Waals surface area contributed by atoms with Crippen LogP contribution >= 0.6 is 11.8 Å². The summed E-state index contributed by atoms with van der Waals surface area (Å²) in [6.07, 6.45) is 5.66. The van der Waals surface area contributed by atoms with Crippen molar-refractivity contribution in [3.8, 4) is 0 Å². The molecule has 3 aliphatic rings. The van der Waals surface area contributed by atoms with E-state index < -0.39 is 28.4 Å². The Morgan fingerprint density at radius 1 is 1.33 bits per heavy atom. The van der Waals surface area contributed by atoms with Gasteiger partial charge in [-0.1, -0.05) is 47.0 Å². The normalized spacial score (nSPS) is 35.0. The van der Waals surface area contributed by atoms with E-state index in [1.807, 2.05) is 20.8 Å². The fourth-order valence-electron chi connectivity index (χ4n) is 5.76. The predicted octanol–water partition coefficient (Wildman–Crippen LogP) is 4.04. The maximum Gasteiger partial charge on any atom is 0.327 e. The first-order valence-corrected chi connectivity index (χ1v) is 13.4. The summed E-state index contributed by atoms with van der Waals surface area (Å²) in [5.41, 5.74) is -1.02. The summed E-state index contributed by atoms with van der Waals surface area (Å²) in [6, 6.07) is -1.59. The van der Waals surface area contributed by atoms with Gasteiger partial charge in [0.15, 0.2) is 0 Å². The molecule has 0 aromatic heterocycles. The van der Waals surface area contributed by atoms with Crippen LogP contribution in [-0.2, 0) is 19.1 Å². The van der Waals surface area contributed by atoms with Crippen molar-refractivity contribution in [2.75, 3.05) is 0 Å². The number of hydrogen-bond donors (Lipinski definition) is 2. The lowest BCUT2D eigenvalue weighted by Crippen LogP contribution is -2.72. The minimum Gasteiger partial charge on any atom is -0.480 e. The number of amides is 2. The second-order valence-electron chi connectivity index (χ2n) is 11.4. The quantitative estimate of drug-likeness (QED) is 0.482. The number of aliphatic carboxylic acids is 1. The lowest BCUT2D eigenvalue weighted by atomic mass is 9.75. The average Bonchev–Trinajstić information content (AvgIpc) is 2.98. The van der Waals surface area contributed by atoms with Gasteiger partial charge in [-0.25, -0.2) is 4.79 Å². The van der Waals surface area contributed by atoms with Crippen LogP contribution in [0.25, 0.3) is 0 Å². The van der Waals surface area contributed by atoms with E-state index in [9.17, 15) is 19.5 Å². The smallest absolute Gasteiger partial charge is 0.327 e. The zero-order chi connectivity index (χ0) is 24.7. The highest BCUT2D eigenvalue weighted by Crippen LogP contribution is 2.51. The second kappa shape index (κ2) is 9.76. The predicted molar refractivity (Wildman–Crippen MR) is 130 cm³/mol. The van der Waals surface area contributed by atoms with Gasteiger partial charge < -0.3 is 20.1 Å². The Kier molecular flexibility index (Phi) is 7.79. The highest BCUT2D eigenvalue weighted by atomic mass is 32.2. The van der Waals surface area contributed by atoms with Crippen LogP contribution in [-0.4, -0.2) is 61.7 Å². The van der Waals surface area contributed by atoms with Gasteiger partial charge in [0.25, 0.3) is 5.91 Å². The molecule has 188 valence electrons. The SMILES string of the molecule is CCCC[C@@](C)(O[C@@H]1C[C@H](C)CC[C@@H]1C(C)C)C(=O)N[C@H]1C(=O)N2[C@@H]1SC(C)(C)[C@H]2C(=O)O. The third kappa shape index (κ3) is 5.07. The van der Waals surface area contributed by atoms with E-state index in [4.69, 9.17) is 4.74 Å². The minimum atomic E-state index is -1.02. The molecule has 0 bridgehead atoms. The number of unbranched alkanes of at least 4 members (excludes halogenated alkanes) is 1. The van der Waals surface area contributed by atoms with Crippen LogP contribution in [0.5, 0.6) is 0 Å². The molecule has 0 aromatic rings. The summed E-state index contributed by atoms with van der Waals surface area (Å²) >= 11 is 1.45. The number of carbonyl (C=O) groups is 3. The Balaban J connectivity index is 1.76. The summed E-state index contributed by atoms with van der Waals surface area (Å²) in [5, 5.41) is 12.2. The van der Waals surface area contributed by atoms with Crippen LogP contribution in [0.1, 0.15) is 87.0 Å². The van der Waals surface area contributed by atoms with Crippen LogP contribution in [0.15, 0.2) is 0 Å². The Morgan fingerprint density at radius 3 is 2.58 bits per heavy atom. The number of nitrogens with zero attached hydrogens (tertiary/aromatic N) is 1. The monoisotopic (exact) mass is 482 g/mol. The van der Waals surface area contributed by atoms with E-state index in [-0.39, 0.29) is 23.3 Å². The molecule has 1 aliphatic carbocycles. The van der Waals surface area contributed by atoms with Crippen LogP contribution in [0.2, 0.25) is 0 Å². The van der Waals surface area contributed by atoms with Gasteiger partial charge in [0.1, 0.15) is 23.1 Å². The summed E-state index contributed by atoms with van der Waals surface area (Å²) in [4.78, 5) is 39.7. The average molecular weight is 483 g/mol. The largest absolute Gasteiger partial charge is 0.480 e. The van der Waals surface area contributed by atoms with Crippen molar-refractivity contribution < 1.29 is 24.2 Å². The van der Waals surface area contributed by atoms with Gasteiger partial charge in [-0.2, -0.15) is 0 Å². The molecular weight excluding hydrogens is 440 g/mol. The van der Waals surface area contributed by atoms with Gasteiger partial charge in [-0.05, 0) is 57.8 Å². The zero-order valence-corrected chi connectivity index (χ0v) is 22.0. The molecule has 1 saturated carbocycles.